The zero-order valence-corrected chi connectivity index (χ0v) is 12.2. The van der Waals surface area contributed by atoms with Crippen molar-refractivity contribution in [2.24, 2.45) is 0 Å². The van der Waals surface area contributed by atoms with Crippen LogP contribution in [0.2, 0.25) is 5.02 Å². The number of rotatable bonds is 4. The lowest BCUT2D eigenvalue weighted by molar-refractivity contribution is 0.552. The maximum absolute atomic E-state index is 12.2. The summed E-state index contributed by atoms with van der Waals surface area (Å²) < 4.78 is 27.0. The van der Waals surface area contributed by atoms with Gasteiger partial charge in [0.05, 0.1) is 5.02 Å². The molecule has 0 aliphatic heterocycles. The Morgan fingerprint density at radius 2 is 2.10 bits per heavy atom. The number of hydrogen-bond acceptors (Lipinski definition) is 3. The van der Waals surface area contributed by atoms with Gasteiger partial charge in [-0.25, -0.2) is 13.1 Å². The Kier molecular flexibility index (Phi) is 3.50. The molecule has 0 bridgehead atoms. The van der Waals surface area contributed by atoms with Crippen molar-refractivity contribution >= 4 is 21.6 Å². The number of pyridine rings is 1. The number of nitrogens with zero attached hydrogens (tertiary/aromatic N) is 1. The number of aromatic nitrogens is 1. The van der Waals surface area contributed by atoms with Crippen molar-refractivity contribution in [1.29, 1.82) is 0 Å². The fourth-order valence-electron chi connectivity index (χ4n) is 2.39. The van der Waals surface area contributed by atoms with Crippen molar-refractivity contribution in [3.63, 3.8) is 0 Å². The van der Waals surface area contributed by atoms with Gasteiger partial charge in [0, 0.05) is 24.9 Å². The van der Waals surface area contributed by atoms with E-state index in [9.17, 15) is 8.42 Å². The minimum atomic E-state index is -3.61. The van der Waals surface area contributed by atoms with E-state index in [1.807, 2.05) is 18.2 Å². The number of benzene rings is 1. The molecule has 0 fully saturated rings. The highest BCUT2D eigenvalue weighted by molar-refractivity contribution is 7.89. The number of hydrogen-bond donors (Lipinski definition) is 1. The molecule has 0 spiro atoms. The molecule has 0 radical (unpaired) electrons. The van der Waals surface area contributed by atoms with Gasteiger partial charge in [0.1, 0.15) is 4.90 Å². The largest absolute Gasteiger partial charge is 0.263 e. The number of halogens is 1. The lowest BCUT2D eigenvalue weighted by atomic mass is 9.78. The van der Waals surface area contributed by atoms with Gasteiger partial charge in [-0.3, -0.25) is 4.98 Å². The maximum Gasteiger partial charge on any atom is 0.243 e. The minimum absolute atomic E-state index is 0.0225. The summed E-state index contributed by atoms with van der Waals surface area (Å²) in [5.74, 6) is 0.233. The molecule has 3 rings (SSSR count). The average Bonchev–Trinajstić information content (AvgIpc) is 2.40. The van der Waals surface area contributed by atoms with E-state index in [1.54, 1.807) is 0 Å². The highest BCUT2D eigenvalue weighted by Crippen LogP contribution is 2.34. The van der Waals surface area contributed by atoms with Gasteiger partial charge < -0.3 is 0 Å². The molecular weight excluding hydrogens is 296 g/mol. The van der Waals surface area contributed by atoms with Crippen molar-refractivity contribution in [2.75, 3.05) is 6.54 Å². The number of nitrogens with one attached hydrogen (secondary N) is 1. The summed E-state index contributed by atoms with van der Waals surface area (Å²) in [7, 11) is -3.61. The van der Waals surface area contributed by atoms with Crippen molar-refractivity contribution in [3.8, 4) is 0 Å². The maximum atomic E-state index is 12.2. The van der Waals surface area contributed by atoms with Gasteiger partial charge in [0.25, 0.3) is 0 Å². The molecule has 1 unspecified atom stereocenters. The fourth-order valence-corrected chi connectivity index (χ4v) is 3.90. The van der Waals surface area contributed by atoms with E-state index in [-0.39, 0.29) is 15.8 Å². The van der Waals surface area contributed by atoms with Gasteiger partial charge in [0.2, 0.25) is 10.0 Å². The van der Waals surface area contributed by atoms with Crippen LogP contribution in [0.3, 0.4) is 0 Å². The molecule has 1 heterocycles. The van der Waals surface area contributed by atoms with Gasteiger partial charge in [-0.2, -0.15) is 0 Å². The standard InChI is InChI=1S/C14H13ClN2O2S/c15-13-5-6-16-9-14(13)20(18,19)17-8-11-7-10-3-1-2-4-12(10)11/h1-6,9,11,17H,7-8H2. The molecule has 4 nitrogen and oxygen atoms in total. The Labute approximate surface area is 122 Å². The van der Waals surface area contributed by atoms with Gasteiger partial charge in [0.15, 0.2) is 0 Å². The Morgan fingerprint density at radius 3 is 2.85 bits per heavy atom. The fraction of sp³-hybridized carbons (Fsp3) is 0.214. The van der Waals surface area contributed by atoms with Crippen LogP contribution in [-0.4, -0.2) is 19.9 Å². The van der Waals surface area contributed by atoms with Crippen LogP contribution in [0, 0.1) is 0 Å². The zero-order valence-electron chi connectivity index (χ0n) is 10.6. The third kappa shape index (κ3) is 2.44. The van der Waals surface area contributed by atoms with E-state index in [0.717, 1.165) is 6.42 Å². The van der Waals surface area contributed by atoms with Crippen molar-refractivity contribution < 1.29 is 8.42 Å². The van der Waals surface area contributed by atoms with Gasteiger partial charge in [-0.05, 0) is 23.6 Å². The molecule has 0 saturated carbocycles. The first kappa shape index (κ1) is 13.5. The molecule has 1 aliphatic carbocycles. The molecule has 6 heteroatoms. The summed E-state index contributed by atoms with van der Waals surface area (Å²) in [4.78, 5) is 3.83. The van der Waals surface area contributed by atoms with Crippen LogP contribution < -0.4 is 4.72 Å². The SMILES string of the molecule is O=S(=O)(NCC1Cc2ccccc21)c1cnccc1Cl. The summed E-state index contributed by atoms with van der Waals surface area (Å²) >= 11 is 5.89. The highest BCUT2D eigenvalue weighted by atomic mass is 35.5. The molecule has 104 valence electrons. The van der Waals surface area contributed by atoms with Crippen LogP contribution in [0.4, 0.5) is 0 Å². The Balaban J connectivity index is 1.72. The smallest absolute Gasteiger partial charge is 0.243 e. The molecule has 2 aromatic rings. The Morgan fingerprint density at radius 1 is 1.30 bits per heavy atom. The number of fused-ring (bicyclic) bond motifs is 1. The predicted octanol–water partition coefficient (Wildman–Crippen LogP) is 2.35. The molecule has 1 N–H and O–H groups in total. The normalized spacial score (nSPS) is 17.4. The molecule has 1 atom stereocenters. The van der Waals surface area contributed by atoms with Crippen LogP contribution in [-0.2, 0) is 16.4 Å². The second-order valence-electron chi connectivity index (χ2n) is 4.76. The Hall–Kier alpha value is -1.43. The molecule has 0 amide bonds. The van der Waals surface area contributed by atoms with Crippen LogP contribution in [0.25, 0.3) is 0 Å². The van der Waals surface area contributed by atoms with Crippen molar-refractivity contribution in [2.45, 2.75) is 17.2 Å². The van der Waals surface area contributed by atoms with E-state index in [1.165, 1.54) is 29.6 Å². The molecule has 1 aliphatic rings. The summed E-state index contributed by atoms with van der Waals surface area (Å²) in [5.41, 5.74) is 2.50. The highest BCUT2D eigenvalue weighted by Gasteiger charge is 2.27. The van der Waals surface area contributed by atoms with Gasteiger partial charge in [-0.1, -0.05) is 35.9 Å². The summed E-state index contributed by atoms with van der Waals surface area (Å²) in [6, 6.07) is 9.54. The molecule has 0 saturated heterocycles. The molecule has 1 aromatic carbocycles. The second kappa shape index (κ2) is 5.16. The Bertz CT molecular complexity index is 746. The summed E-state index contributed by atoms with van der Waals surface area (Å²) in [6.07, 6.45) is 3.63. The number of sulfonamides is 1. The first-order chi connectivity index (χ1) is 9.58. The first-order valence-electron chi connectivity index (χ1n) is 6.25. The van der Waals surface area contributed by atoms with E-state index in [4.69, 9.17) is 11.6 Å². The summed E-state index contributed by atoms with van der Waals surface area (Å²) in [5, 5.41) is 0.182. The lowest BCUT2D eigenvalue weighted by Crippen LogP contribution is -2.33. The van der Waals surface area contributed by atoms with Gasteiger partial charge in [-0.15, -0.1) is 0 Å². The topological polar surface area (TPSA) is 59.1 Å². The third-order valence-corrected chi connectivity index (χ3v) is 5.40. The minimum Gasteiger partial charge on any atom is -0.263 e. The van der Waals surface area contributed by atoms with Crippen LogP contribution >= 0.6 is 11.6 Å². The molecule has 20 heavy (non-hydrogen) atoms. The lowest BCUT2D eigenvalue weighted by Gasteiger charge is -2.30. The van der Waals surface area contributed by atoms with E-state index in [2.05, 4.69) is 15.8 Å². The van der Waals surface area contributed by atoms with Crippen molar-refractivity contribution in [1.82, 2.24) is 9.71 Å². The van der Waals surface area contributed by atoms with Crippen LogP contribution in [0.5, 0.6) is 0 Å². The van der Waals surface area contributed by atoms with E-state index < -0.39 is 10.0 Å². The monoisotopic (exact) mass is 308 g/mol. The summed E-state index contributed by atoms with van der Waals surface area (Å²) in [6.45, 7) is 0.380. The van der Waals surface area contributed by atoms with Crippen molar-refractivity contribution in [3.05, 3.63) is 58.9 Å². The zero-order chi connectivity index (χ0) is 14.2. The molecule has 1 aromatic heterocycles. The average molecular weight is 309 g/mol. The predicted molar refractivity (Wildman–Crippen MR) is 77.3 cm³/mol. The van der Waals surface area contributed by atoms with Crippen LogP contribution in [0.15, 0.2) is 47.6 Å². The quantitative estimate of drug-likeness (QED) is 0.943. The molecular formula is C14H13ClN2O2S. The second-order valence-corrected chi connectivity index (χ2v) is 6.90. The van der Waals surface area contributed by atoms with Crippen LogP contribution in [0.1, 0.15) is 17.0 Å². The van der Waals surface area contributed by atoms with Gasteiger partial charge >= 0.3 is 0 Å². The van der Waals surface area contributed by atoms with E-state index in [0.29, 0.717) is 6.54 Å². The van der Waals surface area contributed by atoms with E-state index >= 15 is 0 Å². The first-order valence-corrected chi connectivity index (χ1v) is 8.11. The third-order valence-electron chi connectivity index (χ3n) is 3.50.